The third-order valence-electron chi connectivity index (χ3n) is 4.33. The maximum absolute atomic E-state index is 12.2. The van der Waals surface area contributed by atoms with E-state index in [1.807, 2.05) is 0 Å². The van der Waals surface area contributed by atoms with Crippen molar-refractivity contribution in [3.8, 4) is 0 Å². The van der Waals surface area contributed by atoms with E-state index in [2.05, 4.69) is 27.7 Å². The van der Waals surface area contributed by atoms with Gasteiger partial charge < -0.3 is 5.32 Å². The molecule has 134 valence electrons. The van der Waals surface area contributed by atoms with Crippen LogP contribution in [0.25, 0.3) is 0 Å². The van der Waals surface area contributed by atoms with Gasteiger partial charge in [0.05, 0.1) is 4.90 Å². The molecule has 1 fully saturated rings. The van der Waals surface area contributed by atoms with Crippen molar-refractivity contribution in [2.75, 3.05) is 18.4 Å². The first-order chi connectivity index (χ1) is 11.9. The number of thiophene rings is 1. The van der Waals surface area contributed by atoms with Crippen LogP contribution in [0.3, 0.4) is 0 Å². The van der Waals surface area contributed by atoms with Crippen molar-refractivity contribution in [2.45, 2.75) is 30.2 Å². The van der Waals surface area contributed by atoms with Crippen LogP contribution in [0.5, 0.6) is 0 Å². The third-order valence-corrected chi connectivity index (χ3v) is 6.23. The Morgan fingerprint density at radius 2 is 2.04 bits per heavy atom. The molecule has 3 rings (SSSR count). The summed E-state index contributed by atoms with van der Waals surface area (Å²) in [4.78, 5) is 15.9. The molecule has 1 unspecified atom stereocenters. The van der Waals surface area contributed by atoms with E-state index in [9.17, 15) is 13.2 Å². The van der Waals surface area contributed by atoms with Crippen molar-refractivity contribution >= 4 is 33.0 Å². The molecule has 1 atom stereocenters. The molecular formula is C17H21N3O3S2. The lowest BCUT2D eigenvalue weighted by Crippen LogP contribution is -2.27. The summed E-state index contributed by atoms with van der Waals surface area (Å²) in [6, 6.07) is 10.5. The van der Waals surface area contributed by atoms with E-state index in [0.717, 1.165) is 19.4 Å². The lowest BCUT2D eigenvalue weighted by atomic mass is 10.2. The molecule has 0 spiro atoms. The summed E-state index contributed by atoms with van der Waals surface area (Å²) in [6.07, 6.45) is 2.69. The number of hydrogen-bond acceptors (Lipinski definition) is 5. The van der Waals surface area contributed by atoms with Crippen molar-refractivity contribution < 1.29 is 13.2 Å². The van der Waals surface area contributed by atoms with Crippen LogP contribution in [-0.4, -0.2) is 32.3 Å². The Hall–Kier alpha value is -1.74. The molecule has 8 heteroatoms. The minimum Gasteiger partial charge on any atom is -0.326 e. The second kappa shape index (κ2) is 7.65. The zero-order chi connectivity index (χ0) is 17.9. The Bertz CT molecular complexity index is 817. The molecule has 1 amide bonds. The van der Waals surface area contributed by atoms with E-state index >= 15 is 0 Å². The maximum atomic E-state index is 12.2. The first-order valence-electron chi connectivity index (χ1n) is 8.13. The predicted octanol–water partition coefficient (Wildman–Crippen LogP) is 2.56. The van der Waals surface area contributed by atoms with Gasteiger partial charge in [-0.3, -0.25) is 9.69 Å². The van der Waals surface area contributed by atoms with E-state index in [4.69, 9.17) is 5.14 Å². The van der Waals surface area contributed by atoms with E-state index < -0.39 is 10.0 Å². The zero-order valence-electron chi connectivity index (χ0n) is 13.7. The molecular weight excluding hydrogens is 358 g/mol. The number of carbonyl (C=O) groups excluding carboxylic acids is 1. The molecule has 2 aromatic rings. The fourth-order valence-corrected chi connectivity index (χ4v) is 4.50. The summed E-state index contributed by atoms with van der Waals surface area (Å²) in [6.45, 7) is 1.72. The Balaban J connectivity index is 1.53. The van der Waals surface area contributed by atoms with Gasteiger partial charge in [0.15, 0.2) is 0 Å². The van der Waals surface area contributed by atoms with Crippen molar-refractivity contribution in [3.63, 3.8) is 0 Å². The number of nitrogens with zero attached hydrogens (tertiary/aromatic N) is 1. The summed E-state index contributed by atoms with van der Waals surface area (Å²) in [5.74, 6) is -0.0832. The van der Waals surface area contributed by atoms with Gasteiger partial charge in [-0.2, -0.15) is 0 Å². The second-order valence-electron chi connectivity index (χ2n) is 6.08. The molecule has 0 aliphatic carbocycles. The minimum absolute atomic E-state index is 0.0290. The van der Waals surface area contributed by atoms with Gasteiger partial charge in [0.25, 0.3) is 0 Å². The van der Waals surface area contributed by atoms with E-state index in [1.165, 1.54) is 17.0 Å². The standard InChI is InChI=1S/C17H21N3O3S2/c18-25(22,23)14-7-5-13(6-8-14)19-17(21)9-11-20-10-1-3-15(20)16-4-2-12-24-16/h2,4-8,12,15H,1,3,9-11H2,(H,19,21)(H2,18,22,23). The molecule has 0 radical (unpaired) electrons. The monoisotopic (exact) mass is 379 g/mol. The summed E-state index contributed by atoms with van der Waals surface area (Å²) in [5.41, 5.74) is 0.564. The van der Waals surface area contributed by atoms with Crippen LogP contribution >= 0.6 is 11.3 Å². The molecule has 6 nitrogen and oxygen atoms in total. The third kappa shape index (κ3) is 4.66. The molecule has 0 bridgehead atoms. The number of primary sulfonamides is 1. The fraction of sp³-hybridized carbons (Fsp3) is 0.353. The van der Waals surface area contributed by atoms with E-state index in [-0.39, 0.29) is 10.8 Å². The van der Waals surface area contributed by atoms with Gasteiger partial charge >= 0.3 is 0 Å². The van der Waals surface area contributed by atoms with Crippen LogP contribution in [0.4, 0.5) is 5.69 Å². The van der Waals surface area contributed by atoms with Gasteiger partial charge in [-0.1, -0.05) is 6.07 Å². The Labute approximate surface area is 151 Å². The smallest absolute Gasteiger partial charge is 0.238 e. The van der Waals surface area contributed by atoms with Crippen LogP contribution in [0.2, 0.25) is 0 Å². The maximum Gasteiger partial charge on any atom is 0.238 e. The Kier molecular flexibility index (Phi) is 5.53. The first kappa shape index (κ1) is 18.1. The predicted molar refractivity (Wildman–Crippen MR) is 98.9 cm³/mol. The van der Waals surface area contributed by atoms with Crippen LogP contribution in [0.1, 0.15) is 30.2 Å². The molecule has 1 aliphatic rings. The molecule has 1 aliphatic heterocycles. The highest BCUT2D eigenvalue weighted by atomic mass is 32.2. The van der Waals surface area contributed by atoms with Gasteiger partial charge in [0.1, 0.15) is 0 Å². The fourth-order valence-electron chi connectivity index (χ4n) is 3.09. The van der Waals surface area contributed by atoms with Crippen molar-refractivity contribution in [1.29, 1.82) is 0 Å². The number of nitrogens with one attached hydrogen (secondary N) is 1. The number of amides is 1. The molecule has 1 aromatic heterocycles. The zero-order valence-corrected chi connectivity index (χ0v) is 15.4. The van der Waals surface area contributed by atoms with Gasteiger partial charge in [-0.15, -0.1) is 11.3 Å². The number of hydrogen-bond donors (Lipinski definition) is 2. The number of rotatable bonds is 6. The van der Waals surface area contributed by atoms with Crippen molar-refractivity contribution in [1.82, 2.24) is 4.90 Å². The van der Waals surface area contributed by atoms with Gasteiger partial charge in [0.2, 0.25) is 15.9 Å². The number of sulfonamides is 1. The van der Waals surface area contributed by atoms with Gasteiger partial charge in [0, 0.05) is 29.6 Å². The highest BCUT2D eigenvalue weighted by Gasteiger charge is 2.26. The van der Waals surface area contributed by atoms with Gasteiger partial charge in [-0.05, 0) is 55.1 Å². The van der Waals surface area contributed by atoms with E-state index in [0.29, 0.717) is 24.7 Å². The number of carbonyl (C=O) groups is 1. The lowest BCUT2D eigenvalue weighted by molar-refractivity contribution is -0.116. The SMILES string of the molecule is NS(=O)(=O)c1ccc(NC(=O)CCN2CCCC2c2cccs2)cc1. The van der Waals surface area contributed by atoms with Crippen molar-refractivity contribution in [3.05, 3.63) is 46.7 Å². The van der Waals surface area contributed by atoms with Crippen molar-refractivity contribution in [2.24, 2.45) is 5.14 Å². The van der Waals surface area contributed by atoms with Crippen LogP contribution in [0, 0.1) is 0 Å². The lowest BCUT2D eigenvalue weighted by Gasteiger charge is -2.23. The highest BCUT2D eigenvalue weighted by molar-refractivity contribution is 7.89. The van der Waals surface area contributed by atoms with Gasteiger partial charge in [-0.25, -0.2) is 13.6 Å². The average molecular weight is 380 g/mol. The van der Waals surface area contributed by atoms with Crippen LogP contribution in [-0.2, 0) is 14.8 Å². The minimum atomic E-state index is -3.72. The molecule has 3 N–H and O–H groups in total. The average Bonchev–Trinajstić information content (AvgIpc) is 3.23. The quantitative estimate of drug-likeness (QED) is 0.807. The number of benzene rings is 1. The number of nitrogens with two attached hydrogens (primary N) is 1. The molecule has 1 saturated heterocycles. The largest absolute Gasteiger partial charge is 0.326 e. The normalized spacial score (nSPS) is 18.4. The summed E-state index contributed by atoms with van der Waals surface area (Å²) < 4.78 is 22.5. The summed E-state index contributed by atoms with van der Waals surface area (Å²) >= 11 is 1.76. The second-order valence-corrected chi connectivity index (χ2v) is 8.62. The Morgan fingerprint density at radius 1 is 1.28 bits per heavy atom. The summed E-state index contributed by atoms with van der Waals surface area (Å²) in [5, 5.41) is 9.94. The first-order valence-corrected chi connectivity index (χ1v) is 10.6. The number of anilines is 1. The topological polar surface area (TPSA) is 92.5 Å². The molecule has 1 aromatic carbocycles. The van der Waals surface area contributed by atoms with Crippen LogP contribution < -0.4 is 10.5 Å². The van der Waals surface area contributed by atoms with Crippen LogP contribution in [0.15, 0.2) is 46.7 Å². The molecule has 0 saturated carbocycles. The molecule has 25 heavy (non-hydrogen) atoms. The van der Waals surface area contributed by atoms with E-state index in [1.54, 1.807) is 23.5 Å². The summed E-state index contributed by atoms with van der Waals surface area (Å²) in [7, 11) is -3.72. The molecule has 2 heterocycles. The Morgan fingerprint density at radius 3 is 2.68 bits per heavy atom. The number of likely N-dealkylation sites (tertiary alicyclic amines) is 1. The highest BCUT2D eigenvalue weighted by Crippen LogP contribution is 2.34.